The summed E-state index contributed by atoms with van der Waals surface area (Å²) in [7, 11) is 2.01. The molecule has 1 saturated carbocycles. The molecule has 1 saturated heterocycles. The minimum Gasteiger partial charge on any atom is -0.396 e. The van der Waals surface area contributed by atoms with Gasteiger partial charge in [-0.3, -0.25) is 0 Å². The Labute approximate surface area is 80.1 Å². The summed E-state index contributed by atoms with van der Waals surface area (Å²) in [4.78, 5) is 2.52. The van der Waals surface area contributed by atoms with Crippen molar-refractivity contribution in [3.05, 3.63) is 0 Å². The van der Waals surface area contributed by atoms with Crippen LogP contribution in [0.15, 0.2) is 0 Å². The molecule has 2 fully saturated rings. The maximum atomic E-state index is 9.00. The highest BCUT2D eigenvalue weighted by molar-refractivity contribution is 5.04. The van der Waals surface area contributed by atoms with Crippen molar-refractivity contribution in [3.63, 3.8) is 0 Å². The Bertz CT molecular complexity index is 174. The number of fused-ring (bicyclic) bond motifs is 1. The van der Waals surface area contributed by atoms with Gasteiger partial charge >= 0.3 is 0 Å². The van der Waals surface area contributed by atoms with Crippen molar-refractivity contribution in [1.82, 2.24) is 10.2 Å². The lowest BCUT2D eigenvalue weighted by atomic mass is 10.2. The van der Waals surface area contributed by atoms with Gasteiger partial charge in [-0.2, -0.15) is 0 Å². The molecule has 3 atom stereocenters. The molecule has 3 unspecified atom stereocenters. The van der Waals surface area contributed by atoms with Crippen molar-refractivity contribution in [2.45, 2.75) is 13.0 Å². The molecule has 2 rings (SSSR count). The van der Waals surface area contributed by atoms with E-state index in [1.807, 2.05) is 7.05 Å². The summed E-state index contributed by atoms with van der Waals surface area (Å²) in [5, 5.41) is 12.3. The molecule has 1 aliphatic heterocycles. The van der Waals surface area contributed by atoms with Crippen LogP contribution < -0.4 is 5.32 Å². The summed E-state index contributed by atoms with van der Waals surface area (Å²) in [5.74, 6) is 2.27. The Morgan fingerprint density at radius 3 is 2.54 bits per heavy atom. The van der Waals surface area contributed by atoms with Gasteiger partial charge in [-0.25, -0.2) is 0 Å². The molecule has 3 nitrogen and oxygen atoms in total. The highest BCUT2D eigenvalue weighted by Crippen LogP contribution is 2.51. The first-order valence-corrected chi connectivity index (χ1v) is 5.26. The Balaban J connectivity index is 1.71. The molecule has 0 aromatic rings. The molecule has 0 aromatic heterocycles. The molecule has 0 spiro atoms. The minimum absolute atomic E-state index is 0.407. The van der Waals surface area contributed by atoms with Crippen molar-refractivity contribution >= 4 is 0 Å². The van der Waals surface area contributed by atoms with E-state index in [9.17, 15) is 0 Å². The molecule has 1 aliphatic carbocycles. The zero-order valence-corrected chi connectivity index (χ0v) is 8.53. The lowest BCUT2D eigenvalue weighted by Crippen LogP contribution is -2.37. The van der Waals surface area contributed by atoms with Gasteiger partial charge in [0, 0.05) is 32.3 Å². The van der Waals surface area contributed by atoms with Crippen LogP contribution in [0.4, 0.5) is 0 Å². The smallest absolute Gasteiger partial charge is 0.0465 e. The second-order valence-corrected chi connectivity index (χ2v) is 4.58. The van der Waals surface area contributed by atoms with E-state index in [4.69, 9.17) is 5.11 Å². The van der Waals surface area contributed by atoms with Crippen molar-refractivity contribution in [2.24, 2.45) is 17.8 Å². The van der Waals surface area contributed by atoms with Gasteiger partial charge in [-0.05, 0) is 31.7 Å². The van der Waals surface area contributed by atoms with Crippen LogP contribution in [0.25, 0.3) is 0 Å². The molecule has 76 valence electrons. The Hall–Kier alpha value is -0.120. The fourth-order valence-corrected chi connectivity index (χ4v) is 2.64. The second-order valence-electron chi connectivity index (χ2n) is 4.58. The zero-order chi connectivity index (χ0) is 9.42. The van der Waals surface area contributed by atoms with E-state index in [2.05, 4.69) is 17.1 Å². The molecule has 2 N–H and O–H groups in total. The van der Waals surface area contributed by atoms with Crippen LogP contribution in [0.5, 0.6) is 0 Å². The number of likely N-dealkylation sites (tertiary alicyclic amines) is 1. The third-order valence-corrected chi connectivity index (χ3v) is 3.68. The number of aliphatic hydroxyl groups is 1. The van der Waals surface area contributed by atoms with Crippen molar-refractivity contribution in [3.8, 4) is 0 Å². The van der Waals surface area contributed by atoms with Gasteiger partial charge in [-0.15, -0.1) is 0 Å². The minimum atomic E-state index is 0.407. The monoisotopic (exact) mass is 184 g/mol. The van der Waals surface area contributed by atoms with Crippen LogP contribution in [0.2, 0.25) is 0 Å². The van der Waals surface area contributed by atoms with Crippen molar-refractivity contribution in [2.75, 3.05) is 33.3 Å². The SMILES string of the molecule is CNC(C)CN1CC2C(CO)C2C1. The Morgan fingerprint density at radius 1 is 1.46 bits per heavy atom. The van der Waals surface area contributed by atoms with Gasteiger partial charge in [-0.1, -0.05) is 0 Å². The number of likely N-dealkylation sites (N-methyl/N-ethyl adjacent to an activating group) is 1. The van der Waals surface area contributed by atoms with Gasteiger partial charge < -0.3 is 15.3 Å². The molecular formula is C10H20N2O. The van der Waals surface area contributed by atoms with E-state index in [-0.39, 0.29) is 0 Å². The predicted molar refractivity (Wildman–Crippen MR) is 52.5 cm³/mol. The molecule has 2 aliphatic rings. The summed E-state index contributed by atoms with van der Waals surface area (Å²) in [5.41, 5.74) is 0. The molecule has 0 aromatic carbocycles. The average molecular weight is 184 g/mol. The van der Waals surface area contributed by atoms with Crippen molar-refractivity contribution in [1.29, 1.82) is 0 Å². The highest BCUT2D eigenvalue weighted by atomic mass is 16.3. The molecule has 3 heteroatoms. The standard InChI is InChI=1S/C10H20N2O/c1-7(11-2)3-12-4-8-9(5-12)10(8)6-13/h7-11,13H,3-6H2,1-2H3. The Kier molecular flexibility index (Phi) is 2.58. The van der Waals surface area contributed by atoms with E-state index in [0.717, 1.165) is 18.4 Å². The van der Waals surface area contributed by atoms with E-state index in [0.29, 0.717) is 18.6 Å². The van der Waals surface area contributed by atoms with Crippen molar-refractivity contribution < 1.29 is 5.11 Å². The summed E-state index contributed by atoms with van der Waals surface area (Å²) in [6.07, 6.45) is 0. The lowest BCUT2D eigenvalue weighted by Gasteiger charge is -2.22. The normalized spacial score (nSPS) is 40.4. The summed E-state index contributed by atoms with van der Waals surface area (Å²) in [6, 6.07) is 0.588. The van der Waals surface area contributed by atoms with E-state index in [1.54, 1.807) is 0 Å². The maximum absolute atomic E-state index is 9.00. The number of nitrogens with one attached hydrogen (secondary N) is 1. The average Bonchev–Trinajstić information content (AvgIpc) is 2.61. The van der Waals surface area contributed by atoms with Gasteiger partial charge in [0.05, 0.1) is 0 Å². The number of aliphatic hydroxyl groups excluding tert-OH is 1. The molecule has 0 amide bonds. The van der Waals surface area contributed by atoms with E-state index < -0.39 is 0 Å². The third-order valence-electron chi connectivity index (χ3n) is 3.68. The molecule has 0 radical (unpaired) electrons. The fraction of sp³-hybridized carbons (Fsp3) is 1.00. The molecular weight excluding hydrogens is 164 g/mol. The van der Waals surface area contributed by atoms with Crippen LogP contribution >= 0.6 is 0 Å². The largest absolute Gasteiger partial charge is 0.396 e. The van der Waals surface area contributed by atoms with Crippen LogP contribution in [-0.4, -0.2) is 49.3 Å². The van der Waals surface area contributed by atoms with Gasteiger partial charge in [0.2, 0.25) is 0 Å². The van der Waals surface area contributed by atoms with Crippen LogP contribution in [-0.2, 0) is 0 Å². The van der Waals surface area contributed by atoms with Gasteiger partial charge in [0.15, 0.2) is 0 Å². The quantitative estimate of drug-likeness (QED) is 0.633. The second kappa shape index (κ2) is 3.56. The van der Waals surface area contributed by atoms with E-state index in [1.165, 1.54) is 13.1 Å². The molecule has 0 bridgehead atoms. The summed E-state index contributed by atoms with van der Waals surface area (Å²) < 4.78 is 0. The number of hydrogen-bond donors (Lipinski definition) is 2. The fourth-order valence-electron chi connectivity index (χ4n) is 2.64. The van der Waals surface area contributed by atoms with E-state index >= 15 is 0 Å². The summed E-state index contributed by atoms with van der Waals surface area (Å²) in [6.45, 7) is 6.20. The van der Waals surface area contributed by atoms with Crippen LogP contribution in [0.3, 0.4) is 0 Å². The lowest BCUT2D eigenvalue weighted by molar-refractivity contribution is 0.213. The third kappa shape index (κ3) is 1.73. The molecule has 1 heterocycles. The Morgan fingerprint density at radius 2 is 2.08 bits per heavy atom. The number of hydrogen-bond acceptors (Lipinski definition) is 3. The van der Waals surface area contributed by atoms with Crippen LogP contribution in [0.1, 0.15) is 6.92 Å². The van der Waals surface area contributed by atoms with Gasteiger partial charge in [0.25, 0.3) is 0 Å². The highest BCUT2D eigenvalue weighted by Gasteiger charge is 2.54. The predicted octanol–water partition coefficient (Wildman–Crippen LogP) is -0.236. The first-order valence-electron chi connectivity index (χ1n) is 5.26. The maximum Gasteiger partial charge on any atom is 0.0465 e. The van der Waals surface area contributed by atoms with Gasteiger partial charge in [0.1, 0.15) is 0 Å². The molecule has 13 heavy (non-hydrogen) atoms. The summed E-state index contributed by atoms with van der Waals surface area (Å²) >= 11 is 0. The zero-order valence-electron chi connectivity index (χ0n) is 8.53. The van der Waals surface area contributed by atoms with Crippen LogP contribution in [0, 0.1) is 17.8 Å². The first kappa shape index (κ1) is 9.44. The number of rotatable bonds is 4. The topological polar surface area (TPSA) is 35.5 Å². The number of nitrogens with zero attached hydrogens (tertiary/aromatic N) is 1. The number of piperidine rings is 1. The first-order chi connectivity index (χ1) is 6.26.